The molecule has 1 aliphatic heterocycles. The molecule has 0 radical (unpaired) electrons. The molecule has 0 spiro atoms. The first-order valence-electron chi connectivity index (χ1n) is 10.3. The number of anilines is 1. The van der Waals surface area contributed by atoms with E-state index in [-0.39, 0.29) is 18.1 Å². The molecule has 0 saturated heterocycles. The summed E-state index contributed by atoms with van der Waals surface area (Å²) < 4.78 is 5.42. The van der Waals surface area contributed by atoms with Crippen LogP contribution in [0, 0.1) is 0 Å². The third-order valence-corrected chi connectivity index (χ3v) is 5.73. The third kappa shape index (κ3) is 4.96. The molecule has 1 unspecified atom stereocenters. The summed E-state index contributed by atoms with van der Waals surface area (Å²) >= 11 is 6.02. The highest BCUT2D eigenvalue weighted by Gasteiger charge is 2.37. The predicted molar refractivity (Wildman–Crippen MR) is 124 cm³/mol. The number of hydrogen-bond donors (Lipinski definition) is 1. The molecule has 1 N–H and O–H groups in total. The van der Waals surface area contributed by atoms with Crippen LogP contribution in [0.5, 0.6) is 5.75 Å². The van der Waals surface area contributed by atoms with Crippen molar-refractivity contribution in [1.29, 1.82) is 0 Å². The van der Waals surface area contributed by atoms with Crippen LogP contribution in [0.1, 0.15) is 58.1 Å². The molecule has 1 atom stereocenters. The van der Waals surface area contributed by atoms with Crippen LogP contribution in [-0.4, -0.2) is 30.3 Å². The van der Waals surface area contributed by atoms with Crippen molar-refractivity contribution >= 4 is 29.4 Å². The number of carbonyl (C=O) groups is 1. The van der Waals surface area contributed by atoms with E-state index in [9.17, 15) is 4.79 Å². The maximum Gasteiger partial charge on any atom is 0.277 e. The Morgan fingerprint density at radius 1 is 1.33 bits per heavy atom. The number of hydrazone groups is 1. The Hall–Kier alpha value is -2.53. The van der Waals surface area contributed by atoms with E-state index in [1.165, 1.54) is 11.3 Å². The highest BCUT2D eigenvalue weighted by Crippen LogP contribution is 2.44. The van der Waals surface area contributed by atoms with E-state index in [2.05, 4.69) is 62.2 Å². The molecule has 0 fully saturated rings. The maximum absolute atomic E-state index is 12.0. The molecule has 2 aromatic rings. The molecule has 2 aromatic carbocycles. The van der Waals surface area contributed by atoms with Gasteiger partial charge in [0.1, 0.15) is 5.75 Å². The first-order chi connectivity index (χ1) is 14.2. The van der Waals surface area contributed by atoms with Gasteiger partial charge in [-0.3, -0.25) is 4.79 Å². The van der Waals surface area contributed by atoms with E-state index >= 15 is 0 Å². The molecule has 0 bridgehead atoms. The molecular weight excluding hydrogens is 398 g/mol. The number of rotatable bonds is 6. The van der Waals surface area contributed by atoms with Crippen molar-refractivity contribution in [2.75, 3.05) is 11.5 Å². The fourth-order valence-electron chi connectivity index (χ4n) is 4.44. The average Bonchev–Trinajstić information content (AvgIpc) is 2.67. The third-order valence-electron chi connectivity index (χ3n) is 5.41. The fourth-order valence-corrected chi connectivity index (χ4v) is 4.63. The van der Waals surface area contributed by atoms with Crippen LogP contribution in [0.3, 0.4) is 0 Å². The number of ether oxygens (including phenoxy) is 1. The van der Waals surface area contributed by atoms with Crippen molar-refractivity contribution < 1.29 is 9.53 Å². The summed E-state index contributed by atoms with van der Waals surface area (Å²) in [4.78, 5) is 14.5. The van der Waals surface area contributed by atoms with Crippen LogP contribution in [0.2, 0.25) is 5.02 Å². The molecule has 5 nitrogen and oxygen atoms in total. The number of hydrogen-bond acceptors (Lipinski definition) is 4. The molecule has 1 heterocycles. The lowest BCUT2D eigenvalue weighted by Crippen LogP contribution is -2.51. The minimum Gasteiger partial charge on any atom is -0.482 e. The van der Waals surface area contributed by atoms with Gasteiger partial charge in [-0.2, -0.15) is 5.10 Å². The van der Waals surface area contributed by atoms with Gasteiger partial charge >= 0.3 is 0 Å². The van der Waals surface area contributed by atoms with E-state index in [4.69, 9.17) is 16.3 Å². The Bertz CT molecular complexity index is 940. The van der Waals surface area contributed by atoms with Crippen molar-refractivity contribution in [3.05, 3.63) is 58.6 Å². The topological polar surface area (TPSA) is 53.9 Å². The van der Waals surface area contributed by atoms with Crippen LogP contribution in [0.15, 0.2) is 47.6 Å². The Morgan fingerprint density at radius 2 is 2.07 bits per heavy atom. The summed E-state index contributed by atoms with van der Waals surface area (Å²) in [5.41, 5.74) is 6.18. The molecule has 0 saturated carbocycles. The molecule has 1 aliphatic rings. The van der Waals surface area contributed by atoms with Crippen molar-refractivity contribution in [2.45, 2.75) is 58.5 Å². The highest BCUT2D eigenvalue weighted by atomic mass is 35.5. The summed E-state index contributed by atoms with van der Waals surface area (Å²) in [6, 6.07) is 13.8. The molecule has 30 heavy (non-hydrogen) atoms. The van der Waals surface area contributed by atoms with Crippen LogP contribution in [-0.2, 0) is 4.79 Å². The lowest BCUT2D eigenvalue weighted by atomic mass is 9.79. The fraction of sp³-hybridized carbons (Fsp3) is 0.417. The lowest BCUT2D eigenvalue weighted by molar-refractivity contribution is -0.123. The molecule has 0 aliphatic carbocycles. The SMILES string of the molecule is CC1CC(C)(C)N(C(C)C)c2ccc(/C=N\NC(=O)COc3ccccc3Cl)cc21. The molecule has 3 rings (SSSR count). The second kappa shape index (κ2) is 9.09. The summed E-state index contributed by atoms with van der Waals surface area (Å²) in [7, 11) is 0. The largest absolute Gasteiger partial charge is 0.482 e. The van der Waals surface area contributed by atoms with Gasteiger partial charge in [0.2, 0.25) is 0 Å². The number of halogens is 1. The molecule has 6 heteroatoms. The van der Waals surface area contributed by atoms with Crippen LogP contribution < -0.4 is 15.1 Å². The number of nitrogens with zero attached hydrogens (tertiary/aromatic N) is 2. The number of fused-ring (bicyclic) bond motifs is 1. The van der Waals surface area contributed by atoms with E-state index in [0.717, 1.165) is 12.0 Å². The Balaban J connectivity index is 1.65. The van der Waals surface area contributed by atoms with Gasteiger partial charge in [-0.25, -0.2) is 5.43 Å². The normalized spacial score (nSPS) is 17.8. The Labute approximate surface area is 184 Å². The van der Waals surface area contributed by atoms with Gasteiger partial charge in [0.05, 0.1) is 11.2 Å². The standard InChI is InChI=1S/C24H30ClN3O2/c1-16(2)28-21-11-10-18(12-19(21)17(3)13-24(28,4)5)14-26-27-23(29)15-30-22-9-7-6-8-20(22)25/h6-12,14,16-17H,13,15H2,1-5H3,(H,27,29)/b26-14-. The Kier molecular flexibility index (Phi) is 6.71. The number of para-hydroxylation sites is 1. The predicted octanol–water partition coefficient (Wildman–Crippen LogP) is 5.37. The van der Waals surface area contributed by atoms with Crippen molar-refractivity contribution in [3.63, 3.8) is 0 Å². The van der Waals surface area contributed by atoms with Crippen molar-refractivity contribution in [1.82, 2.24) is 5.43 Å². The average molecular weight is 428 g/mol. The molecule has 1 amide bonds. The first-order valence-corrected chi connectivity index (χ1v) is 10.7. The molecule has 160 valence electrons. The monoisotopic (exact) mass is 427 g/mol. The first kappa shape index (κ1) is 22.2. The molecular formula is C24H30ClN3O2. The zero-order valence-corrected chi connectivity index (χ0v) is 19.0. The van der Waals surface area contributed by atoms with Gasteiger partial charge in [0.25, 0.3) is 5.91 Å². The van der Waals surface area contributed by atoms with E-state index < -0.39 is 0 Å². The van der Waals surface area contributed by atoms with E-state index in [1.807, 2.05) is 6.07 Å². The van der Waals surface area contributed by atoms with E-state index in [1.54, 1.807) is 30.5 Å². The van der Waals surface area contributed by atoms with Gasteiger partial charge in [-0.15, -0.1) is 0 Å². The zero-order valence-electron chi connectivity index (χ0n) is 18.3. The van der Waals surface area contributed by atoms with Crippen LogP contribution >= 0.6 is 11.6 Å². The van der Waals surface area contributed by atoms with E-state index in [0.29, 0.717) is 22.7 Å². The maximum atomic E-state index is 12.0. The molecule has 0 aromatic heterocycles. The quantitative estimate of drug-likeness (QED) is 0.498. The van der Waals surface area contributed by atoms with Crippen molar-refractivity contribution in [3.8, 4) is 5.75 Å². The van der Waals surface area contributed by atoms with Gasteiger partial charge in [0, 0.05) is 17.3 Å². The number of carbonyl (C=O) groups excluding carboxylic acids is 1. The minimum atomic E-state index is -0.342. The van der Waals surface area contributed by atoms with Gasteiger partial charge < -0.3 is 9.64 Å². The van der Waals surface area contributed by atoms with Gasteiger partial charge in [-0.05, 0) is 75.4 Å². The smallest absolute Gasteiger partial charge is 0.277 e. The number of benzene rings is 2. The Morgan fingerprint density at radius 3 is 2.77 bits per heavy atom. The number of nitrogens with one attached hydrogen (secondary N) is 1. The van der Waals surface area contributed by atoms with Gasteiger partial charge in [0.15, 0.2) is 6.61 Å². The summed E-state index contributed by atoms with van der Waals surface area (Å²) in [6.07, 6.45) is 2.76. The van der Waals surface area contributed by atoms with Crippen LogP contribution in [0.25, 0.3) is 0 Å². The summed E-state index contributed by atoms with van der Waals surface area (Å²) in [5, 5.41) is 4.55. The lowest BCUT2D eigenvalue weighted by Gasteiger charge is -2.50. The summed E-state index contributed by atoms with van der Waals surface area (Å²) in [6.45, 7) is 11.2. The summed E-state index contributed by atoms with van der Waals surface area (Å²) in [5.74, 6) is 0.585. The van der Waals surface area contributed by atoms with Crippen LogP contribution in [0.4, 0.5) is 5.69 Å². The second-order valence-electron chi connectivity index (χ2n) is 8.71. The number of amides is 1. The highest BCUT2D eigenvalue weighted by molar-refractivity contribution is 6.32. The minimum absolute atomic E-state index is 0.117. The second-order valence-corrected chi connectivity index (χ2v) is 9.12. The zero-order chi connectivity index (χ0) is 21.9. The van der Waals surface area contributed by atoms with Crippen molar-refractivity contribution in [2.24, 2.45) is 5.10 Å². The van der Waals surface area contributed by atoms with Gasteiger partial charge in [-0.1, -0.05) is 36.7 Å².